The van der Waals surface area contributed by atoms with E-state index in [-0.39, 0.29) is 11.1 Å². The molecule has 6 heteroatoms. The standard InChI is InChI=1S/C18H15F3O3.C2H6/c1-23-14-9-13(10-15(11-14)24-2)17(22)8-7-12-5-3-4-6-16(12)18(19,20)21;1-2/h3-11H,1-2H3;1-2H3/b8-7+;. The molecule has 26 heavy (non-hydrogen) atoms. The molecule has 0 unspecified atom stereocenters. The second-order valence-electron chi connectivity index (χ2n) is 4.88. The molecule has 0 N–H and O–H groups in total. The highest BCUT2D eigenvalue weighted by Gasteiger charge is 2.32. The normalized spacial score (nSPS) is 10.9. The van der Waals surface area contributed by atoms with Crippen LogP contribution in [0.15, 0.2) is 48.5 Å². The van der Waals surface area contributed by atoms with E-state index in [0.717, 1.165) is 18.2 Å². The third-order valence-electron chi connectivity index (χ3n) is 3.32. The predicted molar refractivity (Wildman–Crippen MR) is 95.7 cm³/mol. The zero-order valence-electron chi connectivity index (χ0n) is 15.1. The lowest BCUT2D eigenvalue weighted by molar-refractivity contribution is -0.137. The maximum Gasteiger partial charge on any atom is 0.416 e. The van der Waals surface area contributed by atoms with Gasteiger partial charge in [0.2, 0.25) is 0 Å². The van der Waals surface area contributed by atoms with Crippen molar-refractivity contribution in [2.24, 2.45) is 0 Å². The minimum Gasteiger partial charge on any atom is -0.497 e. The van der Waals surface area contributed by atoms with Crippen molar-refractivity contribution in [3.05, 3.63) is 65.2 Å². The van der Waals surface area contributed by atoms with Gasteiger partial charge in [-0.1, -0.05) is 38.1 Å². The maximum atomic E-state index is 12.9. The number of ether oxygens (including phenoxy) is 2. The van der Waals surface area contributed by atoms with Crippen molar-refractivity contribution < 1.29 is 27.4 Å². The number of alkyl halides is 3. The van der Waals surface area contributed by atoms with Crippen molar-refractivity contribution in [2.45, 2.75) is 20.0 Å². The molecule has 0 aliphatic carbocycles. The Kier molecular flexibility index (Phi) is 7.90. The molecule has 0 aromatic heterocycles. The summed E-state index contributed by atoms with van der Waals surface area (Å²) in [6.45, 7) is 4.00. The minimum absolute atomic E-state index is 0.0757. The fraction of sp³-hybridized carbons (Fsp3) is 0.250. The summed E-state index contributed by atoms with van der Waals surface area (Å²) >= 11 is 0. The Hall–Kier alpha value is -2.76. The SMILES string of the molecule is CC.COc1cc(OC)cc(C(=O)/C=C/c2ccccc2C(F)(F)F)c1. The van der Waals surface area contributed by atoms with E-state index in [9.17, 15) is 18.0 Å². The maximum absolute atomic E-state index is 12.9. The fourth-order valence-electron chi connectivity index (χ4n) is 2.11. The highest BCUT2D eigenvalue weighted by atomic mass is 19.4. The topological polar surface area (TPSA) is 35.5 Å². The molecular weight excluding hydrogens is 345 g/mol. The van der Waals surface area contributed by atoms with E-state index in [2.05, 4.69) is 0 Å². The predicted octanol–water partition coefficient (Wildman–Crippen LogP) is 5.64. The summed E-state index contributed by atoms with van der Waals surface area (Å²) in [5, 5.41) is 0. The van der Waals surface area contributed by atoms with Gasteiger partial charge in [-0.15, -0.1) is 0 Å². The van der Waals surface area contributed by atoms with Crippen LogP contribution in [0.25, 0.3) is 6.08 Å². The van der Waals surface area contributed by atoms with E-state index in [4.69, 9.17) is 9.47 Å². The van der Waals surface area contributed by atoms with Crippen LogP contribution in [0.2, 0.25) is 0 Å². The Labute approximate surface area is 151 Å². The molecule has 0 saturated heterocycles. The Balaban J connectivity index is 0.00000163. The molecule has 0 amide bonds. The monoisotopic (exact) mass is 366 g/mol. The fourth-order valence-corrected chi connectivity index (χ4v) is 2.11. The van der Waals surface area contributed by atoms with E-state index < -0.39 is 17.5 Å². The van der Waals surface area contributed by atoms with Crippen molar-refractivity contribution in [3.8, 4) is 11.5 Å². The smallest absolute Gasteiger partial charge is 0.416 e. The molecule has 0 spiro atoms. The lowest BCUT2D eigenvalue weighted by atomic mass is 10.0. The van der Waals surface area contributed by atoms with Crippen LogP contribution in [0, 0.1) is 0 Å². The average Bonchev–Trinajstić information content (AvgIpc) is 2.66. The number of methoxy groups -OCH3 is 2. The van der Waals surface area contributed by atoms with Gasteiger partial charge in [0.05, 0.1) is 19.8 Å². The van der Waals surface area contributed by atoms with E-state index in [1.165, 1.54) is 44.6 Å². The number of benzene rings is 2. The first-order chi connectivity index (χ1) is 12.3. The molecule has 0 aliphatic rings. The van der Waals surface area contributed by atoms with Crippen molar-refractivity contribution in [2.75, 3.05) is 14.2 Å². The summed E-state index contributed by atoms with van der Waals surface area (Å²) in [6, 6.07) is 9.63. The second-order valence-corrected chi connectivity index (χ2v) is 4.88. The summed E-state index contributed by atoms with van der Waals surface area (Å²) < 4.78 is 49.0. The second kappa shape index (κ2) is 9.65. The van der Waals surface area contributed by atoms with Crippen LogP contribution in [0.5, 0.6) is 11.5 Å². The van der Waals surface area contributed by atoms with Gasteiger partial charge in [-0.2, -0.15) is 13.2 Å². The largest absolute Gasteiger partial charge is 0.497 e. The molecule has 2 aromatic carbocycles. The van der Waals surface area contributed by atoms with E-state index in [1.807, 2.05) is 13.8 Å². The van der Waals surface area contributed by atoms with Gasteiger partial charge in [0.15, 0.2) is 5.78 Å². The van der Waals surface area contributed by atoms with Crippen molar-refractivity contribution in [1.82, 2.24) is 0 Å². The number of ketones is 1. The zero-order valence-corrected chi connectivity index (χ0v) is 15.1. The Morgan fingerprint density at radius 2 is 1.50 bits per heavy atom. The number of hydrogen-bond acceptors (Lipinski definition) is 3. The van der Waals surface area contributed by atoms with Gasteiger partial charge in [0, 0.05) is 11.6 Å². The first-order valence-electron chi connectivity index (χ1n) is 7.97. The van der Waals surface area contributed by atoms with Gasteiger partial charge in [-0.05, 0) is 29.8 Å². The molecule has 0 fully saturated rings. The number of rotatable bonds is 5. The quantitative estimate of drug-likeness (QED) is 0.507. The van der Waals surface area contributed by atoms with Gasteiger partial charge in [0.1, 0.15) is 11.5 Å². The Bertz CT molecular complexity index is 743. The molecule has 3 nitrogen and oxygen atoms in total. The Morgan fingerprint density at radius 3 is 2.00 bits per heavy atom. The summed E-state index contributed by atoms with van der Waals surface area (Å²) in [6.07, 6.45) is -2.24. The average molecular weight is 366 g/mol. The third kappa shape index (κ3) is 5.65. The molecule has 2 rings (SSSR count). The highest BCUT2D eigenvalue weighted by Crippen LogP contribution is 2.32. The van der Waals surface area contributed by atoms with Crippen molar-refractivity contribution in [3.63, 3.8) is 0 Å². The Morgan fingerprint density at radius 1 is 0.962 bits per heavy atom. The number of carbonyl (C=O) groups excluding carboxylic acids is 1. The molecule has 0 radical (unpaired) electrons. The number of carbonyl (C=O) groups is 1. The van der Waals surface area contributed by atoms with E-state index in [0.29, 0.717) is 11.5 Å². The number of halogens is 3. The van der Waals surface area contributed by atoms with Gasteiger partial charge in [-0.25, -0.2) is 0 Å². The molecule has 0 heterocycles. The molecule has 0 atom stereocenters. The first-order valence-corrected chi connectivity index (χ1v) is 7.97. The molecule has 140 valence electrons. The van der Waals surface area contributed by atoms with Crippen molar-refractivity contribution >= 4 is 11.9 Å². The van der Waals surface area contributed by atoms with E-state index in [1.54, 1.807) is 6.07 Å². The molecule has 0 saturated carbocycles. The summed E-state index contributed by atoms with van der Waals surface area (Å²) in [4.78, 5) is 12.2. The summed E-state index contributed by atoms with van der Waals surface area (Å²) in [7, 11) is 2.89. The number of hydrogen-bond donors (Lipinski definition) is 0. The van der Waals surface area contributed by atoms with Gasteiger partial charge < -0.3 is 9.47 Å². The van der Waals surface area contributed by atoms with Crippen molar-refractivity contribution in [1.29, 1.82) is 0 Å². The zero-order chi connectivity index (χ0) is 19.7. The van der Waals surface area contributed by atoms with Gasteiger partial charge >= 0.3 is 6.18 Å². The van der Waals surface area contributed by atoms with Crippen LogP contribution >= 0.6 is 0 Å². The van der Waals surface area contributed by atoms with Gasteiger partial charge in [0.25, 0.3) is 0 Å². The lowest BCUT2D eigenvalue weighted by Crippen LogP contribution is -2.07. The van der Waals surface area contributed by atoms with Crippen LogP contribution in [0.1, 0.15) is 35.3 Å². The lowest BCUT2D eigenvalue weighted by Gasteiger charge is -2.09. The first kappa shape index (κ1) is 21.3. The molecule has 2 aromatic rings. The molecule has 0 aliphatic heterocycles. The molecular formula is C20H21F3O3. The van der Waals surface area contributed by atoms with Crippen LogP contribution in [0.4, 0.5) is 13.2 Å². The van der Waals surface area contributed by atoms with Crippen LogP contribution in [-0.4, -0.2) is 20.0 Å². The van der Waals surface area contributed by atoms with Crippen LogP contribution < -0.4 is 9.47 Å². The number of allylic oxidation sites excluding steroid dienone is 1. The van der Waals surface area contributed by atoms with Crippen LogP contribution in [0.3, 0.4) is 0 Å². The summed E-state index contributed by atoms with van der Waals surface area (Å²) in [5.74, 6) is 0.382. The van der Waals surface area contributed by atoms with Gasteiger partial charge in [-0.3, -0.25) is 4.79 Å². The highest BCUT2D eigenvalue weighted by molar-refractivity contribution is 6.07. The third-order valence-corrected chi connectivity index (χ3v) is 3.32. The van der Waals surface area contributed by atoms with E-state index >= 15 is 0 Å². The molecule has 0 bridgehead atoms. The summed E-state index contributed by atoms with van der Waals surface area (Å²) in [5.41, 5.74) is -0.613. The minimum atomic E-state index is -4.48. The van der Waals surface area contributed by atoms with Crippen LogP contribution in [-0.2, 0) is 6.18 Å².